The van der Waals surface area contributed by atoms with E-state index in [0.29, 0.717) is 59.4 Å². The summed E-state index contributed by atoms with van der Waals surface area (Å²) in [6, 6.07) is 18.1. The number of benzene rings is 3. The highest BCUT2D eigenvalue weighted by molar-refractivity contribution is 7.90. The van der Waals surface area contributed by atoms with E-state index in [1.54, 1.807) is 24.3 Å². The molecule has 0 bridgehead atoms. The van der Waals surface area contributed by atoms with Crippen LogP contribution in [0.15, 0.2) is 60.7 Å². The molecule has 1 N–H and O–H groups in total. The summed E-state index contributed by atoms with van der Waals surface area (Å²) in [6.45, 7) is 13.5. The largest absolute Gasteiger partial charge is 0.493 e. The van der Waals surface area contributed by atoms with Gasteiger partial charge in [-0.2, -0.15) is 0 Å². The lowest BCUT2D eigenvalue weighted by molar-refractivity contribution is -0.134. The minimum atomic E-state index is -3.62. The number of anilines is 2. The Hall–Kier alpha value is -5.03. The summed E-state index contributed by atoms with van der Waals surface area (Å²) >= 11 is 0. The molecule has 332 valence electrons. The summed E-state index contributed by atoms with van der Waals surface area (Å²) in [4.78, 5) is 65.7. The van der Waals surface area contributed by atoms with Crippen LogP contribution in [0.25, 0.3) is 0 Å². The Labute approximate surface area is 364 Å². The molecule has 4 saturated heterocycles. The van der Waals surface area contributed by atoms with Crippen molar-refractivity contribution in [2.45, 2.75) is 50.6 Å². The first kappa shape index (κ1) is 43.6. The van der Waals surface area contributed by atoms with Gasteiger partial charge in [0.2, 0.25) is 11.8 Å². The van der Waals surface area contributed by atoms with Crippen LogP contribution in [0.4, 0.5) is 11.4 Å². The van der Waals surface area contributed by atoms with Crippen molar-refractivity contribution in [3.05, 3.63) is 82.9 Å². The number of ether oxygens (including phenoxy) is 2. The van der Waals surface area contributed by atoms with Crippen LogP contribution in [-0.2, 0) is 19.4 Å². The number of nitrogens with one attached hydrogen (secondary N) is 1. The lowest BCUT2D eigenvalue weighted by Crippen LogP contribution is -2.54. The van der Waals surface area contributed by atoms with Crippen molar-refractivity contribution in [2.75, 3.05) is 114 Å². The van der Waals surface area contributed by atoms with Crippen molar-refractivity contribution in [3.63, 3.8) is 0 Å². The average Bonchev–Trinajstić information content (AvgIpc) is 3.53. The van der Waals surface area contributed by atoms with E-state index in [1.807, 2.05) is 31.2 Å². The van der Waals surface area contributed by atoms with Crippen molar-refractivity contribution in [3.8, 4) is 11.5 Å². The van der Waals surface area contributed by atoms with Gasteiger partial charge in [-0.3, -0.25) is 39.2 Å². The monoisotopic (exact) mass is 869 g/mol. The first-order valence-corrected chi connectivity index (χ1v) is 24.1. The van der Waals surface area contributed by atoms with Gasteiger partial charge in [0.1, 0.15) is 9.84 Å². The number of carbonyl (C=O) groups excluding carboxylic acids is 4. The molecule has 3 aromatic rings. The van der Waals surface area contributed by atoms with Crippen LogP contribution in [0.2, 0.25) is 0 Å². The summed E-state index contributed by atoms with van der Waals surface area (Å²) in [5, 5.41) is 2.46. The summed E-state index contributed by atoms with van der Waals surface area (Å²) in [7, 11) is -2.10. The number of hydrogen-bond acceptors (Lipinski definition) is 13. The lowest BCUT2D eigenvalue weighted by Gasteiger charge is -2.44. The highest BCUT2D eigenvalue weighted by Gasteiger charge is 2.44. The number of carbonyl (C=O) groups is 4. The zero-order valence-corrected chi connectivity index (χ0v) is 36.9. The van der Waals surface area contributed by atoms with E-state index in [1.165, 1.54) is 12.8 Å². The van der Waals surface area contributed by atoms with Gasteiger partial charge in [0, 0.05) is 89.9 Å². The second-order valence-corrected chi connectivity index (χ2v) is 19.3. The van der Waals surface area contributed by atoms with Crippen molar-refractivity contribution in [1.82, 2.24) is 24.9 Å². The number of nitrogens with zero attached hydrogens (tertiary/aromatic N) is 6. The maximum atomic E-state index is 14.3. The number of amides is 4. The molecule has 4 amide bonds. The minimum Gasteiger partial charge on any atom is -0.493 e. The number of piperidine rings is 2. The third kappa shape index (κ3) is 9.48. The van der Waals surface area contributed by atoms with E-state index in [2.05, 4.69) is 41.9 Å². The Morgan fingerprint density at radius 3 is 2.08 bits per heavy atom. The molecule has 0 spiro atoms. The van der Waals surface area contributed by atoms with Gasteiger partial charge < -0.3 is 24.2 Å². The molecule has 62 heavy (non-hydrogen) atoms. The van der Waals surface area contributed by atoms with Gasteiger partial charge >= 0.3 is 0 Å². The summed E-state index contributed by atoms with van der Waals surface area (Å²) in [5.41, 5.74) is 3.94. The maximum Gasteiger partial charge on any atom is 0.264 e. The van der Waals surface area contributed by atoms with E-state index in [9.17, 15) is 27.6 Å². The SMILES string of the molecule is CCOc1cc(C(CS(C)(=O)=O)N2C(=O)c3cccc(N4CCN(C5CCN(CCN6CCN(c7ccc(C8CCC(=O)NC8=O)cc7)CC6)CC5)CC4)c3C2=O)ccc1OC. The van der Waals surface area contributed by atoms with Crippen LogP contribution in [0, 0.1) is 0 Å². The molecule has 4 fully saturated rings. The lowest BCUT2D eigenvalue weighted by atomic mass is 9.90. The van der Waals surface area contributed by atoms with E-state index < -0.39 is 33.4 Å². The quantitative estimate of drug-likeness (QED) is 0.236. The van der Waals surface area contributed by atoms with Crippen LogP contribution in [-0.4, -0.2) is 162 Å². The molecule has 5 aliphatic heterocycles. The van der Waals surface area contributed by atoms with Crippen molar-refractivity contribution < 1.29 is 37.1 Å². The van der Waals surface area contributed by atoms with Crippen LogP contribution in [0.5, 0.6) is 11.5 Å². The van der Waals surface area contributed by atoms with Gasteiger partial charge in [-0.05, 0) is 86.8 Å². The first-order chi connectivity index (χ1) is 29.9. The molecule has 3 aromatic carbocycles. The molecule has 8 rings (SSSR count). The van der Waals surface area contributed by atoms with E-state index >= 15 is 0 Å². The van der Waals surface area contributed by atoms with Crippen LogP contribution in [0.1, 0.15) is 76.4 Å². The first-order valence-electron chi connectivity index (χ1n) is 22.0. The van der Waals surface area contributed by atoms with E-state index in [4.69, 9.17) is 9.47 Å². The van der Waals surface area contributed by atoms with E-state index in [0.717, 1.165) is 108 Å². The number of likely N-dealkylation sites (tertiary alicyclic amines) is 1. The number of methoxy groups -OCH3 is 1. The Morgan fingerprint density at radius 2 is 1.44 bits per heavy atom. The number of sulfone groups is 1. The van der Waals surface area contributed by atoms with Gasteiger partial charge in [0.05, 0.1) is 48.2 Å². The molecule has 0 aliphatic carbocycles. The Kier molecular flexibility index (Phi) is 13.2. The number of hydrogen-bond donors (Lipinski definition) is 1. The molecule has 0 saturated carbocycles. The maximum absolute atomic E-state index is 14.3. The van der Waals surface area contributed by atoms with Gasteiger partial charge in [-0.25, -0.2) is 8.42 Å². The molecule has 0 aromatic heterocycles. The highest BCUT2D eigenvalue weighted by atomic mass is 32.2. The zero-order chi connectivity index (χ0) is 43.5. The van der Waals surface area contributed by atoms with Crippen molar-refractivity contribution >= 4 is 44.8 Å². The topological polar surface area (TPSA) is 152 Å². The van der Waals surface area contributed by atoms with Gasteiger partial charge in [0.25, 0.3) is 11.8 Å². The fraction of sp³-hybridized carbons (Fsp3) is 0.522. The smallest absolute Gasteiger partial charge is 0.264 e. The average molecular weight is 870 g/mol. The fourth-order valence-corrected chi connectivity index (χ4v) is 10.8. The Bertz CT molecular complexity index is 2250. The summed E-state index contributed by atoms with van der Waals surface area (Å²) < 4.78 is 36.7. The predicted octanol–water partition coefficient (Wildman–Crippen LogP) is 3.40. The number of imide groups is 2. The normalized spacial score (nSPS) is 21.6. The second kappa shape index (κ2) is 18.8. The molecular weight excluding hydrogens is 811 g/mol. The van der Waals surface area contributed by atoms with Crippen LogP contribution in [0.3, 0.4) is 0 Å². The standard InChI is InChI=1S/C46H59N7O8S/c1-4-61-41-30-33(10-14-40(41)60-2)39(31-62(3,58)59)53-45(56)37-6-5-7-38(43(37)46(53)57)52-28-26-51(27-29-52)35-16-18-48(19-17-35)20-21-49-22-24-50(25-23-49)34-11-8-32(9-12-34)36-13-15-42(54)47-44(36)55/h5-12,14,30,35-36,39H,4,13,15-29,31H2,1-3H3,(H,47,54,55). The van der Waals surface area contributed by atoms with Gasteiger partial charge in [-0.1, -0.05) is 24.3 Å². The summed E-state index contributed by atoms with van der Waals surface area (Å²) in [6.07, 6.45) is 4.29. The van der Waals surface area contributed by atoms with Gasteiger partial charge in [0.15, 0.2) is 11.5 Å². The molecule has 5 heterocycles. The zero-order valence-electron chi connectivity index (χ0n) is 36.1. The number of rotatable bonds is 14. The molecule has 16 heteroatoms. The molecule has 0 radical (unpaired) electrons. The van der Waals surface area contributed by atoms with Crippen LogP contribution >= 0.6 is 0 Å². The minimum absolute atomic E-state index is 0.189. The Morgan fingerprint density at radius 1 is 0.758 bits per heavy atom. The predicted molar refractivity (Wildman–Crippen MR) is 237 cm³/mol. The van der Waals surface area contributed by atoms with Gasteiger partial charge in [-0.15, -0.1) is 0 Å². The number of fused-ring (bicyclic) bond motifs is 1. The van der Waals surface area contributed by atoms with E-state index in [-0.39, 0.29) is 17.7 Å². The summed E-state index contributed by atoms with van der Waals surface area (Å²) in [5.74, 6) is -1.18. The fourth-order valence-electron chi connectivity index (χ4n) is 9.89. The third-order valence-electron chi connectivity index (χ3n) is 13.3. The molecule has 2 atom stereocenters. The van der Waals surface area contributed by atoms with Crippen LogP contribution < -0.4 is 24.6 Å². The number of piperazine rings is 2. The molecule has 15 nitrogen and oxygen atoms in total. The van der Waals surface area contributed by atoms with Crippen molar-refractivity contribution in [1.29, 1.82) is 0 Å². The Balaban J connectivity index is 0.811. The molecule has 5 aliphatic rings. The molecule has 2 unspecified atom stereocenters. The molecular formula is C46H59N7O8S. The third-order valence-corrected chi connectivity index (χ3v) is 14.2. The van der Waals surface area contributed by atoms with Crippen molar-refractivity contribution in [2.24, 2.45) is 0 Å². The highest BCUT2D eigenvalue weighted by Crippen LogP contribution is 2.40. The second-order valence-electron chi connectivity index (χ2n) is 17.2.